The maximum atomic E-state index is 12.2. The first-order valence-electron chi connectivity index (χ1n) is 8.59. The van der Waals surface area contributed by atoms with E-state index in [-0.39, 0.29) is 16.5 Å². The number of nitrogens with one attached hydrogen (secondary N) is 1. The Morgan fingerprint density at radius 3 is 2.64 bits per heavy atom. The van der Waals surface area contributed by atoms with E-state index in [1.165, 1.54) is 18.2 Å². The van der Waals surface area contributed by atoms with Gasteiger partial charge in [0.25, 0.3) is 11.6 Å². The van der Waals surface area contributed by atoms with E-state index in [2.05, 4.69) is 5.32 Å². The Hall–Kier alpha value is -3.26. The number of carbonyl (C=O) groups is 2. The van der Waals surface area contributed by atoms with Crippen molar-refractivity contribution in [1.29, 1.82) is 0 Å². The third-order valence-corrected chi connectivity index (χ3v) is 5.20. The second kappa shape index (κ2) is 8.18. The number of ether oxygens (including phenoxy) is 1. The number of rotatable bonds is 6. The topological polar surface area (TPSA) is 98.5 Å². The zero-order chi connectivity index (χ0) is 20.3. The van der Waals surface area contributed by atoms with E-state index < -0.39 is 23.4 Å². The number of hydrogen-bond donors (Lipinski definition) is 1. The van der Waals surface area contributed by atoms with Crippen LogP contribution in [0, 0.1) is 10.1 Å². The fourth-order valence-corrected chi connectivity index (χ4v) is 3.68. The van der Waals surface area contributed by atoms with E-state index in [0.717, 1.165) is 21.6 Å². The van der Waals surface area contributed by atoms with E-state index in [4.69, 9.17) is 4.74 Å². The van der Waals surface area contributed by atoms with Gasteiger partial charge in [0.2, 0.25) is 0 Å². The van der Waals surface area contributed by atoms with Crippen LogP contribution in [0.3, 0.4) is 0 Å². The minimum Gasteiger partial charge on any atom is -0.451 e. The first kappa shape index (κ1) is 19.5. The average Bonchev–Trinajstić information content (AvgIpc) is 3.09. The molecule has 1 aromatic heterocycles. The largest absolute Gasteiger partial charge is 0.451 e. The number of para-hydroxylation sites is 1. The summed E-state index contributed by atoms with van der Waals surface area (Å²) in [7, 11) is 0. The minimum atomic E-state index is -0.642. The van der Waals surface area contributed by atoms with Crippen molar-refractivity contribution in [1.82, 2.24) is 0 Å². The molecule has 144 valence electrons. The molecule has 7 nitrogen and oxygen atoms in total. The van der Waals surface area contributed by atoms with Crippen molar-refractivity contribution in [3.63, 3.8) is 0 Å². The van der Waals surface area contributed by atoms with Crippen molar-refractivity contribution < 1.29 is 19.2 Å². The predicted octanol–water partition coefficient (Wildman–Crippen LogP) is 4.73. The normalized spacial score (nSPS) is 10.8. The maximum absolute atomic E-state index is 12.2. The molecule has 1 N–H and O–H groups in total. The highest BCUT2D eigenvalue weighted by atomic mass is 32.1. The van der Waals surface area contributed by atoms with Crippen LogP contribution in [0.15, 0.2) is 48.5 Å². The van der Waals surface area contributed by atoms with Crippen LogP contribution in [0.1, 0.15) is 35.0 Å². The summed E-state index contributed by atoms with van der Waals surface area (Å²) in [5.74, 6) is -0.837. The van der Waals surface area contributed by atoms with Gasteiger partial charge >= 0.3 is 5.97 Å². The summed E-state index contributed by atoms with van der Waals surface area (Å²) in [5, 5.41) is 14.2. The molecule has 0 saturated heterocycles. The Bertz CT molecular complexity index is 1060. The Kier molecular flexibility index (Phi) is 5.70. The molecular weight excluding hydrogens is 380 g/mol. The van der Waals surface area contributed by atoms with Crippen LogP contribution in [-0.4, -0.2) is 23.4 Å². The number of non-ortho nitro benzene ring substituents is 1. The molecule has 0 bridgehead atoms. The number of carbonyl (C=O) groups excluding carboxylic acids is 2. The lowest BCUT2D eigenvalue weighted by Crippen LogP contribution is -2.21. The molecular formula is C20H18N2O5S. The van der Waals surface area contributed by atoms with Crippen LogP contribution < -0.4 is 5.32 Å². The molecule has 0 atom stereocenters. The maximum Gasteiger partial charge on any atom is 0.348 e. The first-order valence-corrected chi connectivity index (χ1v) is 9.40. The molecule has 0 aliphatic heterocycles. The number of thiophene rings is 1. The quantitative estimate of drug-likeness (QED) is 0.368. The van der Waals surface area contributed by atoms with Gasteiger partial charge in [-0.15, -0.1) is 11.3 Å². The van der Waals surface area contributed by atoms with Gasteiger partial charge in [0.1, 0.15) is 4.88 Å². The molecule has 0 unspecified atom stereocenters. The van der Waals surface area contributed by atoms with Crippen LogP contribution in [0.4, 0.5) is 11.4 Å². The summed E-state index contributed by atoms with van der Waals surface area (Å²) < 4.78 is 5.82. The Morgan fingerprint density at radius 2 is 1.93 bits per heavy atom. The van der Waals surface area contributed by atoms with Gasteiger partial charge in [-0.1, -0.05) is 32.0 Å². The summed E-state index contributed by atoms with van der Waals surface area (Å²) in [5.41, 5.74) is 1.63. The second-order valence-electron chi connectivity index (χ2n) is 6.46. The molecule has 0 aliphatic rings. The average molecular weight is 398 g/mol. The molecule has 2 aromatic carbocycles. The Balaban J connectivity index is 1.65. The molecule has 0 spiro atoms. The van der Waals surface area contributed by atoms with Gasteiger partial charge in [0.05, 0.1) is 4.92 Å². The summed E-state index contributed by atoms with van der Waals surface area (Å²) >= 11 is 1.16. The standard InChI is InChI=1S/C20H18N2O5S/c1-12(2)15-5-3-4-6-16(15)21-19(23)11-27-20(24)18-10-13-9-14(22(25)26)7-8-17(13)28-18/h3-10,12H,11H2,1-2H3,(H,21,23). The summed E-state index contributed by atoms with van der Waals surface area (Å²) in [6.07, 6.45) is 0. The zero-order valence-corrected chi connectivity index (χ0v) is 16.1. The van der Waals surface area contributed by atoms with Crippen LogP contribution in [0.25, 0.3) is 10.1 Å². The number of fused-ring (bicyclic) bond motifs is 1. The molecule has 0 saturated carbocycles. The number of hydrogen-bond acceptors (Lipinski definition) is 6. The summed E-state index contributed by atoms with van der Waals surface area (Å²) in [4.78, 5) is 35.0. The Morgan fingerprint density at radius 1 is 1.18 bits per heavy atom. The van der Waals surface area contributed by atoms with Crippen molar-refractivity contribution in [2.24, 2.45) is 0 Å². The first-order chi connectivity index (χ1) is 13.3. The molecule has 0 radical (unpaired) electrons. The Labute approximate surface area is 165 Å². The van der Waals surface area contributed by atoms with Gasteiger partial charge < -0.3 is 10.1 Å². The number of nitrogens with zero attached hydrogens (tertiary/aromatic N) is 1. The fourth-order valence-electron chi connectivity index (χ4n) is 2.75. The smallest absolute Gasteiger partial charge is 0.348 e. The van der Waals surface area contributed by atoms with E-state index in [1.807, 2.05) is 32.0 Å². The second-order valence-corrected chi connectivity index (χ2v) is 7.54. The lowest BCUT2D eigenvalue weighted by Gasteiger charge is -2.13. The molecule has 8 heteroatoms. The van der Waals surface area contributed by atoms with Crippen LogP contribution in [0.2, 0.25) is 0 Å². The van der Waals surface area contributed by atoms with Crippen molar-refractivity contribution >= 4 is 44.7 Å². The number of nitro groups is 1. The summed E-state index contributed by atoms with van der Waals surface area (Å²) in [6, 6.07) is 13.4. The molecule has 28 heavy (non-hydrogen) atoms. The van der Waals surface area contributed by atoms with Gasteiger partial charge in [-0.05, 0) is 29.7 Å². The van der Waals surface area contributed by atoms with E-state index in [1.54, 1.807) is 12.1 Å². The van der Waals surface area contributed by atoms with Gasteiger partial charge in [0, 0.05) is 27.9 Å². The fraction of sp³-hybridized carbons (Fsp3) is 0.200. The molecule has 1 amide bonds. The highest BCUT2D eigenvalue weighted by Gasteiger charge is 2.16. The molecule has 3 rings (SSSR count). The summed E-state index contributed by atoms with van der Waals surface area (Å²) in [6.45, 7) is 3.63. The van der Waals surface area contributed by atoms with Gasteiger partial charge in [-0.2, -0.15) is 0 Å². The monoisotopic (exact) mass is 398 g/mol. The number of esters is 1. The lowest BCUT2D eigenvalue weighted by molar-refractivity contribution is -0.384. The number of benzene rings is 2. The lowest BCUT2D eigenvalue weighted by atomic mass is 10.0. The van der Waals surface area contributed by atoms with Crippen LogP contribution in [0.5, 0.6) is 0 Å². The predicted molar refractivity (Wildman–Crippen MR) is 108 cm³/mol. The third kappa shape index (κ3) is 4.34. The zero-order valence-electron chi connectivity index (χ0n) is 15.3. The third-order valence-electron chi connectivity index (χ3n) is 4.10. The number of anilines is 1. The van der Waals surface area contributed by atoms with Crippen LogP contribution >= 0.6 is 11.3 Å². The molecule has 3 aromatic rings. The number of nitro benzene ring substituents is 1. The van der Waals surface area contributed by atoms with E-state index >= 15 is 0 Å². The highest BCUT2D eigenvalue weighted by molar-refractivity contribution is 7.20. The van der Waals surface area contributed by atoms with Gasteiger partial charge in [-0.3, -0.25) is 14.9 Å². The SMILES string of the molecule is CC(C)c1ccccc1NC(=O)COC(=O)c1cc2cc([N+](=O)[O-])ccc2s1. The van der Waals surface area contributed by atoms with Gasteiger partial charge in [0.15, 0.2) is 6.61 Å². The van der Waals surface area contributed by atoms with Crippen molar-refractivity contribution in [2.45, 2.75) is 19.8 Å². The van der Waals surface area contributed by atoms with Crippen LogP contribution in [-0.2, 0) is 9.53 Å². The molecule has 1 heterocycles. The minimum absolute atomic E-state index is 0.0478. The van der Waals surface area contributed by atoms with Gasteiger partial charge in [-0.25, -0.2) is 4.79 Å². The van der Waals surface area contributed by atoms with Crippen molar-refractivity contribution in [2.75, 3.05) is 11.9 Å². The molecule has 0 fully saturated rings. The van der Waals surface area contributed by atoms with E-state index in [9.17, 15) is 19.7 Å². The van der Waals surface area contributed by atoms with E-state index in [0.29, 0.717) is 11.1 Å². The van der Waals surface area contributed by atoms with Crippen molar-refractivity contribution in [3.05, 3.63) is 69.1 Å². The number of amides is 1. The highest BCUT2D eigenvalue weighted by Crippen LogP contribution is 2.29. The van der Waals surface area contributed by atoms with Crippen molar-refractivity contribution in [3.8, 4) is 0 Å². The molecule has 0 aliphatic carbocycles.